The highest BCUT2D eigenvalue weighted by atomic mass is 19.1. The second-order valence-electron chi connectivity index (χ2n) is 14.2. The van der Waals surface area contributed by atoms with Crippen LogP contribution in [0, 0.1) is 35.4 Å². The summed E-state index contributed by atoms with van der Waals surface area (Å²) in [6.45, 7) is 6.67. The van der Waals surface area contributed by atoms with E-state index in [1.807, 2.05) is 54.3 Å². The maximum absolute atomic E-state index is 15.8. The van der Waals surface area contributed by atoms with E-state index in [-0.39, 0.29) is 47.0 Å². The number of carbonyl (C=O) groups is 4. The molecule has 274 valence electrons. The van der Waals surface area contributed by atoms with E-state index in [9.17, 15) is 29.5 Å². The molecule has 3 N–H and O–H groups in total. The second kappa shape index (κ2) is 14.7. The number of likely N-dealkylation sites (N-methyl/N-ethyl adjacent to an activating group) is 1. The predicted molar refractivity (Wildman–Crippen MR) is 200 cm³/mol. The molecular formula is C41H43FN6O5. The number of aryl methyl sites for hydroxylation is 1. The average molecular weight is 719 g/mol. The zero-order chi connectivity index (χ0) is 38.2. The zero-order valence-electron chi connectivity index (χ0n) is 30.3. The van der Waals surface area contributed by atoms with Gasteiger partial charge in [0.1, 0.15) is 18.1 Å². The fraction of sp³-hybridized carbons (Fsp3) is 0.366. The van der Waals surface area contributed by atoms with Gasteiger partial charge in [0, 0.05) is 55.8 Å². The molecule has 6 rings (SSSR count). The number of nitriles is 1. The van der Waals surface area contributed by atoms with E-state index in [2.05, 4.69) is 16.3 Å². The van der Waals surface area contributed by atoms with Gasteiger partial charge in [-0.3, -0.25) is 19.3 Å². The first kappa shape index (κ1) is 36.9. The fourth-order valence-electron chi connectivity index (χ4n) is 7.67. The van der Waals surface area contributed by atoms with E-state index >= 15 is 4.39 Å². The summed E-state index contributed by atoms with van der Waals surface area (Å²) in [5.74, 6) is -2.64. The summed E-state index contributed by atoms with van der Waals surface area (Å²) in [6, 6.07) is 17.5. The summed E-state index contributed by atoms with van der Waals surface area (Å²) >= 11 is 0. The van der Waals surface area contributed by atoms with Crippen LogP contribution in [0.1, 0.15) is 83.4 Å². The highest BCUT2D eigenvalue weighted by Crippen LogP contribution is 2.48. The van der Waals surface area contributed by atoms with Crippen LogP contribution in [0.3, 0.4) is 0 Å². The minimum atomic E-state index is -1.20. The molecule has 0 radical (unpaired) electrons. The minimum absolute atomic E-state index is 0.0133. The number of hydrogen-bond acceptors (Lipinski definition) is 9. The van der Waals surface area contributed by atoms with Gasteiger partial charge in [-0.15, -0.1) is 0 Å². The molecule has 1 saturated heterocycles. The number of nitrogens with one attached hydrogen (secondary N) is 2. The Morgan fingerprint density at radius 2 is 1.81 bits per heavy atom. The highest BCUT2D eigenvalue weighted by molar-refractivity contribution is 6.23. The Morgan fingerprint density at radius 3 is 2.40 bits per heavy atom. The van der Waals surface area contributed by atoms with Crippen LogP contribution in [0.4, 0.5) is 21.5 Å². The number of benzene rings is 3. The molecule has 1 aliphatic carbocycles. The summed E-state index contributed by atoms with van der Waals surface area (Å²) in [6.07, 6.45) is 2.89. The molecule has 2 fully saturated rings. The SMILES string of the molecule is CNC(=O)C(CCC=O)N1C(=O)c2cc(F)c(N3CCC(CN(c4ccc(C5(C#N)CC5)cc4)c4cc(/C(C(C)=N)=C(\C)O)ccc4C)C3)cc2C1=O. The number of aliphatic hydroxyl groups excluding tert-OH is 1. The number of aldehydes is 1. The molecule has 3 aromatic carbocycles. The number of fused-ring (bicyclic) bond motifs is 1. The Labute approximate surface area is 308 Å². The number of anilines is 3. The first-order valence-corrected chi connectivity index (χ1v) is 17.8. The van der Waals surface area contributed by atoms with Gasteiger partial charge < -0.3 is 30.4 Å². The van der Waals surface area contributed by atoms with E-state index in [1.165, 1.54) is 13.1 Å². The molecule has 2 atom stereocenters. The fourth-order valence-corrected chi connectivity index (χ4v) is 7.67. The van der Waals surface area contributed by atoms with Crippen LogP contribution in [0.25, 0.3) is 5.57 Å². The largest absolute Gasteiger partial charge is 0.512 e. The number of halogens is 1. The lowest BCUT2D eigenvalue weighted by Crippen LogP contribution is -2.48. The smallest absolute Gasteiger partial charge is 0.262 e. The van der Waals surface area contributed by atoms with Crippen LogP contribution in [0.15, 0.2) is 60.4 Å². The van der Waals surface area contributed by atoms with Crippen LogP contribution in [-0.2, 0) is 15.0 Å². The van der Waals surface area contributed by atoms with Gasteiger partial charge >= 0.3 is 0 Å². The van der Waals surface area contributed by atoms with Crippen molar-refractivity contribution in [3.63, 3.8) is 0 Å². The summed E-state index contributed by atoms with van der Waals surface area (Å²) in [7, 11) is 1.38. The number of carbonyl (C=O) groups excluding carboxylic acids is 4. The average Bonchev–Trinajstić information content (AvgIpc) is 3.74. The summed E-state index contributed by atoms with van der Waals surface area (Å²) < 4.78 is 15.8. The van der Waals surface area contributed by atoms with Gasteiger partial charge in [0.2, 0.25) is 5.91 Å². The Hall–Kier alpha value is -5.83. The molecule has 3 aliphatic rings. The molecule has 2 aliphatic heterocycles. The molecule has 0 aromatic heterocycles. The van der Waals surface area contributed by atoms with Crippen molar-refractivity contribution in [2.75, 3.05) is 36.5 Å². The van der Waals surface area contributed by atoms with Gasteiger partial charge in [-0.25, -0.2) is 4.39 Å². The van der Waals surface area contributed by atoms with Crippen molar-refractivity contribution < 1.29 is 28.7 Å². The first-order valence-electron chi connectivity index (χ1n) is 17.8. The minimum Gasteiger partial charge on any atom is -0.512 e. The molecule has 3 aromatic rings. The Morgan fingerprint density at radius 1 is 1.13 bits per heavy atom. The zero-order valence-corrected chi connectivity index (χ0v) is 30.3. The van der Waals surface area contributed by atoms with Crippen molar-refractivity contribution in [3.05, 3.63) is 94.0 Å². The molecule has 0 bridgehead atoms. The Kier molecular flexibility index (Phi) is 10.2. The maximum atomic E-state index is 15.8. The van der Waals surface area contributed by atoms with Crippen molar-refractivity contribution in [2.24, 2.45) is 5.92 Å². The standard InChI is InChI=1S/C41H43FN6O5/c1-24-7-8-28(37(25(2)44)26(3)50)18-35(24)47(30-11-9-29(10-12-30)41(23-43)14-15-41)22-27-13-16-46(21-27)36-20-32-31(19-33(36)42)39(52)48(40(32)53)34(6-5-17-49)38(51)45-4/h7-12,17-20,27,34,44,50H,5-6,13-16,21-22H2,1-4H3,(H,45,51)/b37-26+,44-25?. The van der Waals surface area contributed by atoms with Crippen molar-refractivity contribution >= 4 is 52.4 Å². The highest BCUT2D eigenvalue weighted by Gasteiger charge is 2.45. The van der Waals surface area contributed by atoms with Gasteiger partial charge in [-0.05, 0) is 99.4 Å². The Balaban J connectivity index is 1.30. The summed E-state index contributed by atoms with van der Waals surface area (Å²) in [5.41, 5.74) is 4.75. The number of rotatable bonds is 13. The van der Waals surface area contributed by atoms with E-state index in [0.717, 1.165) is 46.3 Å². The number of hydrogen-bond donors (Lipinski definition) is 3. The van der Waals surface area contributed by atoms with Gasteiger partial charge in [-0.2, -0.15) is 5.26 Å². The molecule has 53 heavy (non-hydrogen) atoms. The number of aliphatic hydroxyl groups is 1. The van der Waals surface area contributed by atoms with E-state index in [1.54, 1.807) is 13.8 Å². The normalized spacial score (nSPS) is 18.2. The first-order chi connectivity index (χ1) is 25.3. The quantitative estimate of drug-likeness (QED) is 0.0796. The third kappa shape index (κ3) is 6.91. The van der Waals surface area contributed by atoms with Gasteiger partial charge in [0.15, 0.2) is 0 Å². The molecule has 3 amide bonds. The number of imide groups is 1. The molecular weight excluding hydrogens is 675 g/mol. The van der Waals surface area contributed by atoms with Crippen LogP contribution in [0.5, 0.6) is 0 Å². The monoisotopic (exact) mass is 718 g/mol. The van der Waals surface area contributed by atoms with E-state index in [0.29, 0.717) is 43.5 Å². The molecule has 2 unspecified atom stereocenters. The summed E-state index contributed by atoms with van der Waals surface area (Å²) in [4.78, 5) is 55.5. The van der Waals surface area contributed by atoms with Crippen molar-refractivity contribution in [1.82, 2.24) is 10.2 Å². The lowest BCUT2D eigenvalue weighted by atomic mass is 9.96. The van der Waals surface area contributed by atoms with Gasteiger partial charge in [0.25, 0.3) is 11.8 Å². The number of amides is 3. The number of nitrogens with zero attached hydrogens (tertiary/aromatic N) is 4. The van der Waals surface area contributed by atoms with Crippen LogP contribution in [0.2, 0.25) is 0 Å². The predicted octanol–water partition coefficient (Wildman–Crippen LogP) is 6.37. The van der Waals surface area contributed by atoms with Crippen molar-refractivity contribution in [3.8, 4) is 6.07 Å². The molecule has 0 spiro atoms. The second-order valence-corrected chi connectivity index (χ2v) is 14.2. The topological polar surface area (TPSA) is 158 Å². The summed E-state index contributed by atoms with van der Waals surface area (Å²) in [5, 5.41) is 31.0. The number of allylic oxidation sites excluding steroid dienone is 2. The molecule has 12 heteroatoms. The van der Waals surface area contributed by atoms with E-state index < -0.39 is 35.0 Å². The van der Waals surface area contributed by atoms with Gasteiger partial charge in [-0.1, -0.05) is 24.3 Å². The maximum Gasteiger partial charge on any atom is 0.262 e. The molecule has 11 nitrogen and oxygen atoms in total. The van der Waals surface area contributed by atoms with Crippen LogP contribution in [-0.4, -0.2) is 72.4 Å². The van der Waals surface area contributed by atoms with Crippen LogP contribution >= 0.6 is 0 Å². The Bertz CT molecular complexity index is 2080. The lowest BCUT2D eigenvalue weighted by molar-refractivity contribution is -0.124. The lowest BCUT2D eigenvalue weighted by Gasteiger charge is -2.30. The van der Waals surface area contributed by atoms with Gasteiger partial charge in [0.05, 0.1) is 34.1 Å². The molecule has 2 heterocycles. The van der Waals surface area contributed by atoms with Crippen molar-refractivity contribution in [2.45, 2.75) is 64.3 Å². The third-order valence-electron chi connectivity index (χ3n) is 10.7. The molecule has 1 saturated carbocycles. The van der Waals surface area contributed by atoms with E-state index in [4.69, 9.17) is 5.41 Å². The third-order valence-corrected chi connectivity index (χ3v) is 10.7. The van der Waals surface area contributed by atoms with Crippen molar-refractivity contribution in [1.29, 1.82) is 10.7 Å². The van der Waals surface area contributed by atoms with Crippen LogP contribution < -0.4 is 15.1 Å².